The first kappa shape index (κ1) is 21.4. The van der Waals surface area contributed by atoms with E-state index in [1.54, 1.807) is 0 Å². The van der Waals surface area contributed by atoms with Crippen LogP contribution in [0.15, 0.2) is 30.3 Å². The molecule has 1 aromatic carbocycles. The molecule has 0 aliphatic rings. The van der Waals surface area contributed by atoms with Crippen LogP contribution in [0.5, 0.6) is 0 Å². The molecule has 0 radical (unpaired) electrons. The predicted octanol–water partition coefficient (Wildman–Crippen LogP) is 3.37. The number of hydrogen-bond acceptors (Lipinski definition) is 3. The molecule has 1 aromatic rings. The molecule has 0 spiro atoms. The topological polar surface area (TPSA) is 66.4 Å². The number of carbonyl (C=O) groups is 2. The number of benzene rings is 1. The second kappa shape index (κ2) is 10.3. The van der Waals surface area contributed by atoms with Crippen LogP contribution in [0, 0.1) is 17.8 Å². The lowest BCUT2D eigenvalue weighted by Crippen LogP contribution is -2.39. The van der Waals surface area contributed by atoms with Crippen LogP contribution in [0.3, 0.4) is 0 Å². The second-order valence-electron chi connectivity index (χ2n) is 7.77. The van der Waals surface area contributed by atoms with Gasteiger partial charge in [-0.05, 0) is 44.1 Å². The lowest BCUT2D eigenvalue weighted by molar-refractivity contribution is -0.135. The van der Waals surface area contributed by atoms with Crippen molar-refractivity contribution in [2.75, 3.05) is 0 Å². The highest BCUT2D eigenvalue weighted by Gasteiger charge is 2.29. The van der Waals surface area contributed by atoms with E-state index >= 15 is 0 Å². The minimum Gasteiger partial charge on any atom is -0.385 e. The van der Waals surface area contributed by atoms with E-state index in [2.05, 4.69) is 5.32 Å². The fourth-order valence-corrected chi connectivity index (χ4v) is 3.03. The average molecular weight is 347 g/mol. The third kappa shape index (κ3) is 7.82. The number of nitrogens with one attached hydrogen (secondary N) is 1. The molecular formula is C21H33NO3. The number of aliphatic hydroxyl groups excluding tert-OH is 1. The molecule has 3 atom stereocenters. The fraction of sp³-hybridized carbons (Fsp3) is 0.619. The van der Waals surface area contributed by atoms with Crippen molar-refractivity contribution >= 4 is 11.7 Å². The number of hydrogen-bond donors (Lipinski definition) is 2. The summed E-state index contributed by atoms with van der Waals surface area (Å²) in [6.45, 7) is 9.76. The van der Waals surface area contributed by atoms with Gasteiger partial charge in [-0.3, -0.25) is 9.59 Å². The molecular weight excluding hydrogens is 314 g/mol. The van der Waals surface area contributed by atoms with Gasteiger partial charge in [0.1, 0.15) is 6.10 Å². The zero-order chi connectivity index (χ0) is 19.0. The van der Waals surface area contributed by atoms with Crippen molar-refractivity contribution in [2.45, 2.75) is 66.0 Å². The Bertz CT molecular complexity index is 539. The normalized spacial score (nSPS) is 15.0. The van der Waals surface area contributed by atoms with Crippen molar-refractivity contribution in [3.05, 3.63) is 35.9 Å². The maximum Gasteiger partial charge on any atom is 0.223 e. The number of rotatable bonds is 10. The second-order valence-corrected chi connectivity index (χ2v) is 7.77. The molecule has 25 heavy (non-hydrogen) atoms. The van der Waals surface area contributed by atoms with Crippen molar-refractivity contribution in [2.24, 2.45) is 17.8 Å². The van der Waals surface area contributed by atoms with Crippen LogP contribution in [-0.4, -0.2) is 28.9 Å². The van der Waals surface area contributed by atoms with E-state index in [0.717, 1.165) is 5.56 Å². The minimum absolute atomic E-state index is 0.0409. The Hall–Kier alpha value is -1.68. The van der Waals surface area contributed by atoms with Crippen LogP contribution in [0.2, 0.25) is 0 Å². The molecule has 0 heterocycles. The van der Waals surface area contributed by atoms with E-state index in [1.807, 2.05) is 65.0 Å². The quantitative estimate of drug-likeness (QED) is 0.682. The molecule has 140 valence electrons. The van der Waals surface area contributed by atoms with E-state index in [4.69, 9.17) is 0 Å². The molecule has 0 saturated carbocycles. The van der Waals surface area contributed by atoms with Crippen molar-refractivity contribution in [3.8, 4) is 0 Å². The first-order valence-electron chi connectivity index (χ1n) is 9.25. The van der Waals surface area contributed by atoms with Crippen LogP contribution in [0.4, 0.5) is 0 Å². The lowest BCUT2D eigenvalue weighted by Gasteiger charge is -2.23. The number of ketones is 1. The van der Waals surface area contributed by atoms with E-state index in [1.165, 1.54) is 0 Å². The van der Waals surface area contributed by atoms with Gasteiger partial charge in [-0.1, -0.05) is 51.1 Å². The summed E-state index contributed by atoms with van der Waals surface area (Å²) in [5, 5.41) is 13.3. The Morgan fingerprint density at radius 1 is 1.04 bits per heavy atom. The largest absolute Gasteiger partial charge is 0.385 e. The summed E-state index contributed by atoms with van der Waals surface area (Å²) in [6.07, 6.45) is 0.337. The first-order chi connectivity index (χ1) is 11.7. The Labute approximate surface area is 152 Å². The molecule has 0 bridgehead atoms. The zero-order valence-corrected chi connectivity index (χ0v) is 16.2. The van der Waals surface area contributed by atoms with Crippen LogP contribution < -0.4 is 5.32 Å². The van der Waals surface area contributed by atoms with Gasteiger partial charge >= 0.3 is 0 Å². The monoisotopic (exact) mass is 347 g/mol. The van der Waals surface area contributed by atoms with Crippen molar-refractivity contribution < 1.29 is 14.7 Å². The summed E-state index contributed by atoms with van der Waals surface area (Å²) in [7, 11) is 0. The van der Waals surface area contributed by atoms with Gasteiger partial charge in [0.2, 0.25) is 5.91 Å². The molecule has 2 N–H and O–H groups in total. The van der Waals surface area contributed by atoms with Gasteiger partial charge in [0, 0.05) is 18.4 Å². The number of carbonyl (C=O) groups excluding carboxylic acids is 2. The molecule has 0 saturated heterocycles. The average Bonchev–Trinajstić information content (AvgIpc) is 2.53. The molecule has 4 nitrogen and oxygen atoms in total. The summed E-state index contributed by atoms with van der Waals surface area (Å²) < 4.78 is 0. The van der Waals surface area contributed by atoms with Crippen molar-refractivity contribution in [1.29, 1.82) is 0 Å². The van der Waals surface area contributed by atoms with Crippen molar-refractivity contribution in [1.82, 2.24) is 5.32 Å². The molecule has 0 fully saturated rings. The van der Waals surface area contributed by atoms with Gasteiger partial charge < -0.3 is 10.4 Å². The maximum atomic E-state index is 12.5. The van der Waals surface area contributed by atoms with E-state index in [0.29, 0.717) is 18.8 Å². The molecule has 1 amide bonds. The summed E-state index contributed by atoms with van der Waals surface area (Å²) in [5.74, 6) is -0.584. The highest BCUT2D eigenvalue weighted by Crippen LogP contribution is 2.20. The maximum absolute atomic E-state index is 12.5. The van der Waals surface area contributed by atoms with Gasteiger partial charge in [-0.2, -0.15) is 0 Å². The van der Waals surface area contributed by atoms with Crippen molar-refractivity contribution in [3.63, 3.8) is 0 Å². The van der Waals surface area contributed by atoms with Gasteiger partial charge in [-0.25, -0.2) is 0 Å². The SMILES string of the molecule is CC(C)C[C@H](CC(=O)[C@@H](O)[C@H](C)Cc1ccccc1)C(=O)NC(C)C. The Kier molecular flexibility index (Phi) is 8.84. The fourth-order valence-electron chi connectivity index (χ4n) is 3.03. The Morgan fingerprint density at radius 2 is 1.64 bits per heavy atom. The van der Waals surface area contributed by atoms with Crippen LogP contribution in [0.25, 0.3) is 0 Å². The van der Waals surface area contributed by atoms with Gasteiger partial charge in [0.15, 0.2) is 5.78 Å². The van der Waals surface area contributed by atoms with Gasteiger partial charge in [-0.15, -0.1) is 0 Å². The molecule has 0 unspecified atom stereocenters. The Balaban J connectivity index is 2.68. The van der Waals surface area contributed by atoms with Crippen LogP contribution in [0.1, 0.15) is 53.0 Å². The van der Waals surface area contributed by atoms with Crippen LogP contribution >= 0.6 is 0 Å². The predicted molar refractivity (Wildman–Crippen MR) is 101 cm³/mol. The minimum atomic E-state index is -1.04. The lowest BCUT2D eigenvalue weighted by atomic mass is 9.86. The summed E-state index contributed by atoms with van der Waals surface area (Å²) in [6, 6.07) is 9.87. The smallest absolute Gasteiger partial charge is 0.223 e. The summed E-state index contributed by atoms with van der Waals surface area (Å²) in [5.41, 5.74) is 1.10. The molecule has 0 aliphatic heterocycles. The van der Waals surface area contributed by atoms with E-state index in [9.17, 15) is 14.7 Å². The van der Waals surface area contributed by atoms with Gasteiger partial charge in [0.25, 0.3) is 0 Å². The highest BCUT2D eigenvalue weighted by molar-refractivity contribution is 5.89. The number of aliphatic hydroxyl groups is 1. The van der Waals surface area contributed by atoms with E-state index in [-0.39, 0.29) is 36.0 Å². The molecule has 4 heteroatoms. The van der Waals surface area contributed by atoms with E-state index < -0.39 is 6.10 Å². The number of amides is 1. The highest BCUT2D eigenvalue weighted by atomic mass is 16.3. The summed E-state index contributed by atoms with van der Waals surface area (Å²) in [4.78, 5) is 24.9. The first-order valence-corrected chi connectivity index (χ1v) is 9.25. The molecule has 0 aromatic heterocycles. The Morgan fingerprint density at radius 3 is 2.16 bits per heavy atom. The third-order valence-electron chi connectivity index (χ3n) is 4.27. The van der Waals surface area contributed by atoms with Gasteiger partial charge in [0.05, 0.1) is 0 Å². The molecule has 0 aliphatic carbocycles. The molecule has 1 rings (SSSR count). The zero-order valence-electron chi connectivity index (χ0n) is 16.2. The standard InChI is InChI=1S/C21H33NO3/c1-14(2)11-18(21(25)22-15(3)4)13-19(23)20(24)16(5)12-17-9-7-6-8-10-17/h6-10,14-16,18,20,24H,11-13H2,1-5H3,(H,22,25)/t16-,18-,20+/m1/s1. The summed E-state index contributed by atoms with van der Waals surface area (Å²) >= 11 is 0. The van der Waals surface area contributed by atoms with Crippen LogP contribution in [-0.2, 0) is 16.0 Å². The number of Topliss-reactive ketones (excluding diaryl/α,β-unsaturated/α-hetero) is 1. The third-order valence-corrected chi connectivity index (χ3v) is 4.27.